The lowest BCUT2D eigenvalue weighted by Gasteiger charge is -2.26. The van der Waals surface area contributed by atoms with Crippen LogP contribution in [-0.4, -0.2) is 41.4 Å². The lowest BCUT2D eigenvalue weighted by Crippen LogP contribution is -2.31. The molecule has 2 aromatic rings. The van der Waals surface area contributed by atoms with Gasteiger partial charge >= 0.3 is 0 Å². The maximum absolute atomic E-state index is 13.1. The molecule has 1 N–H and O–H groups in total. The van der Waals surface area contributed by atoms with Crippen molar-refractivity contribution in [3.63, 3.8) is 0 Å². The first kappa shape index (κ1) is 18.3. The number of aromatic nitrogens is 2. The van der Waals surface area contributed by atoms with E-state index in [0.29, 0.717) is 17.3 Å². The number of carbonyl (C=O) groups is 2. The van der Waals surface area contributed by atoms with Gasteiger partial charge in [0.25, 0.3) is 0 Å². The zero-order valence-electron chi connectivity index (χ0n) is 15.5. The van der Waals surface area contributed by atoms with Crippen LogP contribution < -0.4 is 15.1 Å². The Morgan fingerprint density at radius 3 is 2.43 bits per heavy atom. The standard InChI is InChI=1S/C20H22FN5O2/c21-15-4-6-17(7-5-15)26-13-14(10-18(26)27)19(28)24-16-11-22-20(23-12-16)25-8-2-1-3-9-25/h4-7,11-12,14H,1-3,8-10,13H2,(H,24,28). The predicted octanol–water partition coefficient (Wildman–Crippen LogP) is 2.60. The number of amides is 2. The Morgan fingerprint density at radius 1 is 1.07 bits per heavy atom. The van der Waals surface area contributed by atoms with E-state index in [-0.39, 0.29) is 30.6 Å². The molecule has 1 atom stereocenters. The van der Waals surface area contributed by atoms with Crippen LogP contribution in [0.2, 0.25) is 0 Å². The Morgan fingerprint density at radius 2 is 1.75 bits per heavy atom. The molecule has 2 saturated heterocycles. The number of halogens is 1. The summed E-state index contributed by atoms with van der Waals surface area (Å²) in [5, 5.41) is 2.79. The minimum Gasteiger partial charge on any atom is -0.341 e. The Bertz CT molecular complexity index is 850. The summed E-state index contributed by atoms with van der Waals surface area (Å²) in [5.41, 5.74) is 1.11. The van der Waals surface area contributed by atoms with Crippen molar-refractivity contribution in [3.05, 3.63) is 42.5 Å². The number of hydrogen-bond donors (Lipinski definition) is 1. The lowest BCUT2D eigenvalue weighted by atomic mass is 10.1. The molecule has 1 unspecified atom stereocenters. The predicted molar refractivity (Wildman–Crippen MR) is 104 cm³/mol. The van der Waals surface area contributed by atoms with Crippen molar-refractivity contribution in [2.75, 3.05) is 34.8 Å². The molecule has 28 heavy (non-hydrogen) atoms. The van der Waals surface area contributed by atoms with E-state index < -0.39 is 5.92 Å². The van der Waals surface area contributed by atoms with E-state index in [0.717, 1.165) is 25.9 Å². The van der Waals surface area contributed by atoms with E-state index in [2.05, 4.69) is 20.2 Å². The zero-order chi connectivity index (χ0) is 19.5. The summed E-state index contributed by atoms with van der Waals surface area (Å²) in [6, 6.07) is 5.69. The summed E-state index contributed by atoms with van der Waals surface area (Å²) in [5.74, 6) is -0.552. The molecule has 1 aromatic carbocycles. The summed E-state index contributed by atoms with van der Waals surface area (Å²) >= 11 is 0. The van der Waals surface area contributed by atoms with Crippen LogP contribution in [0.4, 0.5) is 21.7 Å². The van der Waals surface area contributed by atoms with Crippen LogP contribution in [0.1, 0.15) is 25.7 Å². The van der Waals surface area contributed by atoms with Crippen LogP contribution in [0.5, 0.6) is 0 Å². The lowest BCUT2D eigenvalue weighted by molar-refractivity contribution is -0.122. The van der Waals surface area contributed by atoms with Crippen molar-refractivity contribution in [3.8, 4) is 0 Å². The number of benzene rings is 1. The van der Waals surface area contributed by atoms with Crippen LogP contribution in [0.15, 0.2) is 36.7 Å². The van der Waals surface area contributed by atoms with Gasteiger partial charge in [0.1, 0.15) is 5.82 Å². The highest BCUT2D eigenvalue weighted by Gasteiger charge is 2.35. The van der Waals surface area contributed by atoms with Crippen LogP contribution in [0.25, 0.3) is 0 Å². The molecule has 0 radical (unpaired) electrons. The average molecular weight is 383 g/mol. The first-order chi connectivity index (χ1) is 13.6. The van der Waals surface area contributed by atoms with E-state index in [9.17, 15) is 14.0 Å². The molecule has 0 aliphatic carbocycles. The number of hydrogen-bond acceptors (Lipinski definition) is 5. The third-order valence-electron chi connectivity index (χ3n) is 5.18. The third kappa shape index (κ3) is 3.95. The Labute approximate surface area is 162 Å². The highest BCUT2D eigenvalue weighted by atomic mass is 19.1. The fraction of sp³-hybridized carbons (Fsp3) is 0.400. The molecule has 4 rings (SSSR count). The van der Waals surface area contributed by atoms with Gasteiger partial charge in [0, 0.05) is 31.7 Å². The summed E-state index contributed by atoms with van der Waals surface area (Å²) < 4.78 is 13.1. The molecule has 0 bridgehead atoms. The van der Waals surface area contributed by atoms with E-state index in [1.54, 1.807) is 24.5 Å². The first-order valence-corrected chi connectivity index (χ1v) is 9.54. The van der Waals surface area contributed by atoms with Crippen LogP contribution >= 0.6 is 0 Å². The van der Waals surface area contributed by atoms with Crippen molar-refractivity contribution >= 4 is 29.1 Å². The van der Waals surface area contributed by atoms with Crippen molar-refractivity contribution in [2.45, 2.75) is 25.7 Å². The normalized spacial score (nSPS) is 19.8. The fourth-order valence-electron chi connectivity index (χ4n) is 3.64. The largest absolute Gasteiger partial charge is 0.341 e. The molecule has 0 spiro atoms. The van der Waals surface area contributed by atoms with Crippen LogP contribution in [0.3, 0.4) is 0 Å². The number of anilines is 3. The summed E-state index contributed by atoms with van der Waals surface area (Å²) in [4.78, 5) is 37.2. The SMILES string of the molecule is O=C(Nc1cnc(N2CCCCC2)nc1)C1CC(=O)N(c2ccc(F)cc2)C1. The second-order valence-corrected chi connectivity index (χ2v) is 7.19. The maximum atomic E-state index is 13.1. The first-order valence-electron chi connectivity index (χ1n) is 9.54. The minimum absolute atomic E-state index is 0.121. The van der Waals surface area contributed by atoms with Gasteiger partial charge in [-0.15, -0.1) is 0 Å². The second kappa shape index (κ2) is 7.92. The van der Waals surface area contributed by atoms with Crippen LogP contribution in [-0.2, 0) is 9.59 Å². The Balaban J connectivity index is 1.37. The highest BCUT2D eigenvalue weighted by Crippen LogP contribution is 2.26. The van der Waals surface area contributed by atoms with E-state index >= 15 is 0 Å². The van der Waals surface area contributed by atoms with E-state index in [1.165, 1.54) is 23.5 Å². The van der Waals surface area contributed by atoms with Crippen molar-refractivity contribution in [1.82, 2.24) is 9.97 Å². The molecule has 2 aliphatic rings. The van der Waals surface area contributed by atoms with Gasteiger partial charge in [-0.1, -0.05) is 0 Å². The minimum atomic E-state index is -0.473. The van der Waals surface area contributed by atoms with E-state index in [4.69, 9.17) is 0 Å². The topological polar surface area (TPSA) is 78.4 Å². The van der Waals surface area contributed by atoms with Gasteiger partial charge in [-0.25, -0.2) is 14.4 Å². The average Bonchev–Trinajstić information content (AvgIpc) is 3.12. The molecule has 0 saturated carbocycles. The van der Waals surface area contributed by atoms with Gasteiger partial charge in [-0.2, -0.15) is 0 Å². The van der Waals surface area contributed by atoms with Gasteiger partial charge in [0.15, 0.2) is 0 Å². The van der Waals surface area contributed by atoms with Crippen LogP contribution in [0, 0.1) is 11.7 Å². The van der Waals surface area contributed by atoms with Gasteiger partial charge in [0.05, 0.1) is 24.0 Å². The molecule has 146 valence electrons. The highest BCUT2D eigenvalue weighted by molar-refractivity contribution is 6.03. The van der Waals surface area contributed by atoms with Gasteiger partial charge < -0.3 is 15.1 Å². The van der Waals surface area contributed by atoms with Crippen molar-refractivity contribution in [2.24, 2.45) is 5.92 Å². The van der Waals surface area contributed by atoms with Gasteiger partial charge in [-0.05, 0) is 43.5 Å². The zero-order valence-corrected chi connectivity index (χ0v) is 15.5. The number of piperidine rings is 1. The molecule has 1 aromatic heterocycles. The summed E-state index contributed by atoms with van der Waals surface area (Å²) in [6.07, 6.45) is 6.84. The molecule has 2 fully saturated rings. The smallest absolute Gasteiger partial charge is 0.229 e. The second-order valence-electron chi connectivity index (χ2n) is 7.19. The maximum Gasteiger partial charge on any atom is 0.229 e. The molecular weight excluding hydrogens is 361 g/mol. The number of rotatable bonds is 4. The molecule has 2 amide bonds. The number of carbonyl (C=O) groups excluding carboxylic acids is 2. The number of nitrogens with one attached hydrogen (secondary N) is 1. The third-order valence-corrected chi connectivity index (χ3v) is 5.18. The Hall–Kier alpha value is -3.03. The molecule has 7 nitrogen and oxygen atoms in total. The monoisotopic (exact) mass is 383 g/mol. The molecule has 8 heteroatoms. The van der Waals surface area contributed by atoms with Gasteiger partial charge in [0.2, 0.25) is 17.8 Å². The fourth-order valence-corrected chi connectivity index (χ4v) is 3.64. The summed E-state index contributed by atoms with van der Waals surface area (Å²) in [6.45, 7) is 2.17. The molecule has 2 aliphatic heterocycles. The quantitative estimate of drug-likeness (QED) is 0.878. The van der Waals surface area contributed by atoms with E-state index in [1.807, 2.05) is 0 Å². The molecular formula is C20H22FN5O2. The van der Waals surface area contributed by atoms with Gasteiger partial charge in [-0.3, -0.25) is 9.59 Å². The Kier molecular flexibility index (Phi) is 5.18. The van der Waals surface area contributed by atoms with Crippen molar-refractivity contribution in [1.29, 1.82) is 0 Å². The summed E-state index contributed by atoms with van der Waals surface area (Å²) in [7, 11) is 0. The van der Waals surface area contributed by atoms with Crippen molar-refractivity contribution < 1.29 is 14.0 Å². The molecule has 3 heterocycles. The number of nitrogens with zero attached hydrogens (tertiary/aromatic N) is 4.